The van der Waals surface area contributed by atoms with E-state index in [4.69, 9.17) is 0 Å². The van der Waals surface area contributed by atoms with E-state index in [0.717, 1.165) is 11.3 Å². The maximum Gasteiger partial charge on any atom is 0.255 e. The number of nitrogens with one attached hydrogen (secondary N) is 1. The fourth-order valence-electron chi connectivity index (χ4n) is 1.99. The molecular formula is C16H14N4O. The fourth-order valence-corrected chi connectivity index (χ4v) is 1.99. The van der Waals surface area contributed by atoms with Crippen molar-refractivity contribution < 1.29 is 4.79 Å². The molecule has 3 aromatic rings. The monoisotopic (exact) mass is 278 g/mol. The van der Waals surface area contributed by atoms with E-state index < -0.39 is 0 Å². The van der Waals surface area contributed by atoms with Gasteiger partial charge in [0.2, 0.25) is 0 Å². The lowest BCUT2D eigenvalue weighted by Gasteiger charge is -2.06. The summed E-state index contributed by atoms with van der Waals surface area (Å²) < 4.78 is 1.74. The Labute approximate surface area is 122 Å². The van der Waals surface area contributed by atoms with Gasteiger partial charge >= 0.3 is 0 Å². The lowest BCUT2D eigenvalue weighted by atomic mass is 10.1. The van der Waals surface area contributed by atoms with Crippen LogP contribution in [-0.4, -0.2) is 20.7 Å². The van der Waals surface area contributed by atoms with Crippen LogP contribution in [0.2, 0.25) is 0 Å². The molecule has 0 spiro atoms. The SMILES string of the molecule is O=C(Nc1ccccc1)c1ccc(Cn2cncn2)cc1. The summed E-state index contributed by atoms with van der Waals surface area (Å²) in [6, 6.07) is 16.9. The van der Waals surface area contributed by atoms with Crippen LogP contribution in [0.25, 0.3) is 0 Å². The van der Waals surface area contributed by atoms with E-state index >= 15 is 0 Å². The predicted molar refractivity (Wildman–Crippen MR) is 80.0 cm³/mol. The van der Waals surface area contributed by atoms with Crippen molar-refractivity contribution in [3.05, 3.63) is 78.4 Å². The second-order valence-corrected chi connectivity index (χ2v) is 4.61. The highest BCUT2D eigenvalue weighted by molar-refractivity contribution is 6.04. The van der Waals surface area contributed by atoms with Crippen molar-refractivity contribution in [2.24, 2.45) is 0 Å². The highest BCUT2D eigenvalue weighted by Gasteiger charge is 2.06. The zero-order valence-corrected chi connectivity index (χ0v) is 11.3. The van der Waals surface area contributed by atoms with Crippen molar-refractivity contribution >= 4 is 11.6 Å². The number of carbonyl (C=O) groups excluding carboxylic acids is 1. The van der Waals surface area contributed by atoms with E-state index in [2.05, 4.69) is 15.4 Å². The van der Waals surface area contributed by atoms with Crippen molar-refractivity contribution in [3.8, 4) is 0 Å². The van der Waals surface area contributed by atoms with E-state index in [0.29, 0.717) is 12.1 Å². The molecule has 0 radical (unpaired) electrons. The number of nitrogens with zero attached hydrogens (tertiary/aromatic N) is 3. The second kappa shape index (κ2) is 6.00. The molecule has 1 heterocycles. The Morgan fingerprint density at radius 2 is 1.81 bits per heavy atom. The Kier molecular flexibility index (Phi) is 3.73. The minimum Gasteiger partial charge on any atom is -0.322 e. The van der Waals surface area contributed by atoms with E-state index in [1.165, 1.54) is 6.33 Å². The minimum atomic E-state index is -0.117. The first-order valence-corrected chi connectivity index (χ1v) is 6.59. The summed E-state index contributed by atoms with van der Waals surface area (Å²) in [6.07, 6.45) is 3.16. The average Bonchev–Trinajstić information content (AvgIpc) is 3.02. The molecule has 0 saturated carbocycles. The van der Waals surface area contributed by atoms with Gasteiger partial charge in [-0.1, -0.05) is 30.3 Å². The van der Waals surface area contributed by atoms with Crippen molar-refractivity contribution in [1.29, 1.82) is 0 Å². The number of benzene rings is 2. The van der Waals surface area contributed by atoms with Gasteiger partial charge in [0, 0.05) is 11.3 Å². The molecule has 0 saturated heterocycles. The van der Waals surface area contributed by atoms with E-state index in [-0.39, 0.29) is 5.91 Å². The maximum atomic E-state index is 12.1. The molecule has 0 fully saturated rings. The normalized spacial score (nSPS) is 10.3. The van der Waals surface area contributed by atoms with Crippen LogP contribution in [0.15, 0.2) is 67.3 Å². The van der Waals surface area contributed by atoms with Crippen LogP contribution in [0.5, 0.6) is 0 Å². The first kappa shape index (κ1) is 13.1. The predicted octanol–water partition coefficient (Wildman–Crippen LogP) is 2.58. The lowest BCUT2D eigenvalue weighted by Crippen LogP contribution is -2.11. The molecule has 5 heteroatoms. The average molecular weight is 278 g/mol. The molecule has 0 bridgehead atoms. The Morgan fingerprint density at radius 1 is 1.05 bits per heavy atom. The van der Waals surface area contributed by atoms with Crippen LogP contribution >= 0.6 is 0 Å². The van der Waals surface area contributed by atoms with E-state index in [1.807, 2.05) is 54.6 Å². The molecule has 5 nitrogen and oxygen atoms in total. The van der Waals surface area contributed by atoms with Gasteiger partial charge in [0.15, 0.2) is 0 Å². The third-order valence-corrected chi connectivity index (χ3v) is 3.06. The van der Waals surface area contributed by atoms with Crippen molar-refractivity contribution in [3.63, 3.8) is 0 Å². The summed E-state index contributed by atoms with van der Waals surface area (Å²) in [5.41, 5.74) is 2.48. The fraction of sp³-hybridized carbons (Fsp3) is 0.0625. The first-order valence-electron chi connectivity index (χ1n) is 6.59. The van der Waals surface area contributed by atoms with Crippen molar-refractivity contribution in [1.82, 2.24) is 14.8 Å². The zero-order chi connectivity index (χ0) is 14.5. The number of para-hydroxylation sites is 1. The van der Waals surface area contributed by atoms with Crippen LogP contribution in [0, 0.1) is 0 Å². The van der Waals surface area contributed by atoms with Gasteiger partial charge in [0.05, 0.1) is 6.54 Å². The van der Waals surface area contributed by atoms with E-state index in [1.54, 1.807) is 11.0 Å². The Bertz CT molecular complexity index is 706. The van der Waals surface area contributed by atoms with Gasteiger partial charge in [0.25, 0.3) is 5.91 Å². The number of aromatic nitrogens is 3. The first-order chi connectivity index (χ1) is 10.3. The molecule has 0 atom stereocenters. The molecule has 0 aliphatic rings. The van der Waals surface area contributed by atoms with Crippen molar-refractivity contribution in [2.45, 2.75) is 6.54 Å². The zero-order valence-electron chi connectivity index (χ0n) is 11.3. The largest absolute Gasteiger partial charge is 0.322 e. The number of anilines is 1. The summed E-state index contributed by atoms with van der Waals surface area (Å²) in [4.78, 5) is 16.0. The Hall–Kier alpha value is -2.95. The number of amides is 1. The molecule has 3 rings (SSSR count). The molecule has 0 aliphatic carbocycles. The van der Waals surface area contributed by atoms with E-state index in [9.17, 15) is 4.79 Å². The van der Waals surface area contributed by atoms with Gasteiger partial charge in [-0.15, -0.1) is 0 Å². The Morgan fingerprint density at radius 3 is 2.48 bits per heavy atom. The van der Waals surface area contributed by atoms with Gasteiger partial charge < -0.3 is 5.32 Å². The summed E-state index contributed by atoms with van der Waals surface area (Å²) >= 11 is 0. The number of hydrogen-bond acceptors (Lipinski definition) is 3. The molecule has 0 aliphatic heterocycles. The summed E-state index contributed by atoms with van der Waals surface area (Å²) in [5, 5.41) is 6.91. The molecule has 21 heavy (non-hydrogen) atoms. The van der Waals surface area contributed by atoms with Crippen molar-refractivity contribution in [2.75, 3.05) is 5.32 Å². The van der Waals surface area contributed by atoms with Gasteiger partial charge in [-0.05, 0) is 29.8 Å². The van der Waals surface area contributed by atoms with Gasteiger partial charge in [-0.2, -0.15) is 5.10 Å². The number of hydrogen-bond donors (Lipinski definition) is 1. The molecule has 2 aromatic carbocycles. The topological polar surface area (TPSA) is 59.8 Å². The molecule has 0 unspecified atom stereocenters. The quantitative estimate of drug-likeness (QED) is 0.798. The van der Waals surface area contributed by atoms with Gasteiger partial charge in [-0.3, -0.25) is 4.79 Å². The summed E-state index contributed by atoms with van der Waals surface area (Å²) in [5.74, 6) is -0.117. The number of rotatable bonds is 4. The van der Waals surface area contributed by atoms with Crippen LogP contribution in [0.3, 0.4) is 0 Å². The maximum absolute atomic E-state index is 12.1. The highest BCUT2D eigenvalue weighted by Crippen LogP contribution is 2.10. The number of carbonyl (C=O) groups is 1. The molecular weight excluding hydrogens is 264 g/mol. The van der Waals surface area contributed by atoms with Crippen LogP contribution in [0.4, 0.5) is 5.69 Å². The van der Waals surface area contributed by atoms with Crippen LogP contribution in [-0.2, 0) is 6.54 Å². The molecule has 1 aromatic heterocycles. The highest BCUT2D eigenvalue weighted by atomic mass is 16.1. The summed E-state index contributed by atoms with van der Waals surface area (Å²) in [6.45, 7) is 0.639. The van der Waals surface area contributed by atoms with Crippen LogP contribution < -0.4 is 5.32 Å². The lowest BCUT2D eigenvalue weighted by molar-refractivity contribution is 0.102. The molecule has 1 amide bonds. The standard InChI is InChI=1S/C16H14N4O/c21-16(19-15-4-2-1-3-5-15)14-8-6-13(7-9-14)10-20-12-17-11-18-20/h1-9,11-12H,10H2,(H,19,21). The third kappa shape index (κ3) is 3.33. The molecule has 1 N–H and O–H groups in total. The smallest absolute Gasteiger partial charge is 0.255 e. The Balaban J connectivity index is 1.67. The molecule has 104 valence electrons. The summed E-state index contributed by atoms with van der Waals surface area (Å²) in [7, 11) is 0. The third-order valence-electron chi connectivity index (χ3n) is 3.06. The second-order valence-electron chi connectivity index (χ2n) is 4.61. The van der Waals surface area contributed by atoms with Gasteiger partial charge in [0.1, 0.15) is 12.7 Å². The van der Waals surface area contributed by atoms with Crippen LogP contribution in [0.1, 0.15) is 15.9 Å². The minimum absolute atomic E-state index is 0.117. The van der Waals surface area contributed by atoms with Gasteiger partial charge in [-0.25, -0.2) is 9.67 Å².